The van der Waals surface area contributed by atoms with Crippen LogP contribution in [-0.4, -0.2) is 67.2 Å². The van der Waals surface area contributed by atoms with E-state index in [1.807, 2.05) is 41.8 Å². The molecule has 0 radical (unpaired) electrons. The van der Waals surface area contributed by atoms with Crippen LogP contribution in [0.4, 0.5) is 0 Å². The fourth-order valence-electron chi connectivity index (χ4n) is 4.78. The molecule has 0 spiro atoms. The molecule has 3 aromatic rings. The maximum atomic E-state index is 14.0. The molecule has 2 amide bonds. The van der Waals surface area contributed by atoms with E-state index < -0.39 is 6.04 Å². The van der Waals surface area contributed by atoms with Gasteiger partial charge in [0.2, 0.25) is 5.91 Å². The molecule has 1 N–H and O–H groups in total. The Morgan fingerprint density at radius 2 is 1.95 bits per heavy atom. The van der Waals surface area contributed by atoms with Crippen LogP contribution in [0.25, 0.3) is 0 Å². The van der Waals surface area contributed by atoms with Crippen molar-refractivity contribution in [3.63, 3.8) is 0 Å². The molecule has 38 heavy (non-hydrogen) atoms. The minimum Gasteiger partial charge on any atom is -0.455 e. The minimum atomic E-state index is -0.854. The molecular formula is C28H32ClN3O5S. The zero-order valence-electron chi connectivity index (χ0n) is 21.1. The number of benzene rings is 1. The van der Waals surface area contributed by atoms with E-state index >= 15 is 0 Å². The highest BCUT2D eigenvalue weighted by molar-refractivity contribution is 7.10. The molecule has 202 valence electrons. The summed E-state index contributed by atoms with van der Waals surface area (Å²) in [5, 5.41) is 5.46. The van der Waals surface area contributed by atoms with E-state index in [1.165, 1.54) is 11.3 Å². The summed E-state index contributed by atoms with van der Waals surface area (Å²) in [4.78, 5) is 32.2. The van der Waals surface area contributed by atoms with E-state index in [1.54, 1.807) is 17.0 Å². The number of carbonyl (C=O) groups excluding carboxylic acids is 2. The van der Waals surface area contributed by atoms with Crippen LogP contribution in [0.5, 0.6) is 0 Å². The minimum absolute atomic E-state index is 0.0107. The van der Waals surface area contributed by atoms with Gasteiger partial charge in [-0.05, 0) is 48.1 Å². The lowest BCUT2D eigenvalue weighted by atomic mass is 10.1. The number of hydrogen-bond donors (Lipinski definition) is 1. The highest BCUT2D eigenvalue weighted by Crippen LogP contribution is 2.31. The molecule has 2 unspecified atom stereocenters. The van der Waals surface area contributed by atoms with Gasteiger partial charge in [0.25, 0.3) is 5.91 Å². The molecule has 4 heterocycles. The summed E-state index contributed by atoms with van der Waals surface area (Å²) in [5.74, 6) is 0.254. The molecule has 2 aromatic heterocycles. The van der Waals surface area contributed by atoms with Gasteiger partial charge in [-0.1, -0.05) is 35.9 Å². The fraction of sp³-hybridized carbons (Fsp3) is 0.429. The molecule has 2 saturated heterocycles. The van der Waals surface area contributed by atoms with Crippen molar-refractivity contribution in [3.8, 4) is 0 Å². The molecule has 2 fully saturated rings. The molecule has 0 saturated carbocycles. The van der Waals surface area contributed by atoms with Crippen LogP contribution in [0.15, 0.2) is 58.3 Å². The molecule has 0 bridgehead atoms. The lowest BCUT2D eigenvalue weighted by molar-refractivity contribution is -0.126. The van der Waals surface area contributed by atoms with Crippen LogP contribution in [0, 0.1) is 0 Å². The van der Waals surface area contributed by atoms with Crippen molar-refractivity contribution in [3.05, 3.63) is 80.9 Å². The van der Waals surface area contributed by atoms with E-state index in [0.29, 0.717) is 43.7 Å². The average molecular weight is 558 g/mol. The van der Waals surface area contributed by atoms with Crippen LogP contribution in [0.2, 0.25) is 5.02 Å². The van der Waals surface area contributed by atoms with Crippen molar-refractivity contribution < 1.29 is 23.5 Å². The van der Waals surface area contributed by atoms with Gasteiger partial charge in [-0.15, -0.1) is 11.3 Å². The number of morpholine rings is 1. The van der Waals surface area contributed by atoms with Crippen molar-refractivity contribution in [2.24, 2.45) is 0 Å². The van der Waals surface area contributed by atoms with Crippen molar-refractivity contribution in [1.82, 2.24) is 15.1 Å². The van der Waals surface area contributed by atoms with E-state index in [4.69, 9.17) is 25.5 Å². The van der Waals surface area contributed by atoms with Gasteiger partial charge in [-0.2, -0.15) is 0 Å². The molecule has 0 aliphatic carbocycles. The Hall–Kier alpha value is -2.69. The Kier molecular flexibility index (Phi) is 9.14. The number of furan rings is 1. The number of carbonyl (C=O) groups is 2. The summed E-state index contributed by atoms with van der Waals surface area (Å²) in [6, 6.07) is 13.8. The van der Waals surface area contributed by atoms with Crippen LogP contribution in [-0.2, 0) is 27.4 Å². The number of nitrogens with zero attached hydrogens (tertiary/aromatic N) is 2. The second kappa shape index (κ2) is 12.9. The van der Waals surface area contributed by atoms with Gasteiger partial charge in [0.1, 0.15) is 11.8 Å². The second-order valence-corrected chi connectivity index (χ2v) is 10.9. The third-order valence-corrected chi connectivity index (χ3v) is 8.11. The Bertz CT molecular complexity index is 1200. The quantitative estimate of drug-likeness (QED) is 0.395. The van der Waals surface area contributed by atoms with Crippen LogP contribution < -0.4 is 5.32 Å². The molecule has 2 aliphatic heterocycles. The van der Waals surface area contributed by atoms with E-state index in [0.717, 1.165) is 36.4 Å². The Morgan fingerprint density at radius 3 is 2.68 bits per heavy atom. The fourth-order valence-corrected chi connectivity index (χ4v) is 5.81. The Labute approximate surface area is 231 Å². The standard InChI is InChI=1S/C28H32ClN3O5S/c29-23-7-2-1-5-20(23)18-32(28(34)24-10-9-22(37-24)19-31-11-14-35-15-12-31)26(25-8-4-16-38-25)27(33)30-17-21-6-3-13-36-21/h1-2,4-5,7-10,16,21,26H,3,6,11-15,17-19H2,(H,30,33). The van der Waals surface area contributed by atoms with Gasteiger partial charge < -0.3 is 24.1 Å². The van der Waals surface area contributed by atoms with Gasteiger partial charge in [0, 0.05) is 42.7 Å². The number of thiophene rings is 1. The zero-order chi connectivity index (χ0) is 26.3. The van der Waals surface area contributed by atoms with Crippen molar-refractivity contribution in [2.45, 2.75) is 38.1 Å². The summed E-state index contributed by atoms with van der Waals surface area (Å²) in [5.41, 5.74) is 0.746. The third-order valence-electron chi connectivity index (χ3n) is 6.82. The summed E-state index contributed by atoms with van der Waals surface area (Å²) >= 11 is 7.93. The largest absolute Gasteiger partial charge is 0.455 e. The third kappa shape index (κ3) is 6.65. The Balaban J connectivity index is 1.42. The number of hydrogen-bond acceptors (Lipinski definition) is 7. The van der Waals surface area contributed by atoms with Gasteiger partial charge >= 0.3 is 0 Å². The monoisotopic (exact) mass is 557 g/mol. The maximum absolute atomic E-state index is 14.0. The number of nitrogens with one attached hydrogen (secondary N) is 1. The Morgan fingerprint density at radius 1 is 1.11 bits per heavy atom. The topological polar surface area (TPSA) is 84.2 Å². The lowest BCUT2D eigenvalue weighted by Gasteiger charge is -2.30. The first-order valence-electron chi connectivity index (χ1n) is 12.9. The smallest absolute Gasteiger partial charge is 0.290 e. The van der Waals surface area contributed by atoms with E-state index in [2.05, 4.69) is 10.2 Å². The SMILES string of the molecule is O=C(NCC1CCCO1)C(c1cccs1)N(Cc1ccccc1Cl)C(=O)c1ccc(CN2CCOCC2)o1. The van der Waals surface area contributed by atoms with Gasteiger partial charge in [0.15, 0.2) is 5.76 Å². The van der Waals surface area contributed by atoms with Crippen molar-refractivity contribution in [2.75, 3.05) is 39.5 Å². The molecular weight excluding hydrogens is 526 g/mol. The first-order valence-corrected chi connectivity index (χ1v) is 14.2. The molecule has 5 rings (SSSR count). The second-order valence-electron chi connectivity index (χ2n) is 9.48. The molecule has 8 nitrogen and oxygen atoms in total. The molecule has 2 aliphatic rings. The number of amides is 2. The number of halogens is 1. The maximum Gasteiger partial charge on any atom is 0.290 e. The first kappa shape index (κ1) is 26.9. The molecule has 2 atom stereocenters. The first-order chi connectivity index (χ1) is 18.6. The van der Waals surface area contributed by atoms with Crippen molar-refractivity contribution >= 4 is 34.8 Å². The zero-order valence-corrected chi connectivity index (χ0v) is 22.7. The lowest BCUT2D eigenvalue weighted by Crippen LogP contribution is -2.44. The average Bonchev–Trinajstić information content (AvgIpc) is 3.72. The van der Waals surface area contributed by atoms with Crippen LogP contribution in [0.3, 0.4) is 0 Å². The van der Waals surface area contributed by atoms with E-state index in [-0.39, 0.29) is 30.2 Å². The molecule has 10 heteroatoms. The number of rotatable bonds is 10. The predicted molar refractivity (Wildman–Crippen MR) is 145 cm³/mol. The highest BCUT2D eigenvalue weighted by Gasteiger charge is 2.35. The summed E-state index contributed by atoms with van der Waals surface area (Å²) in [6.45, 7) is 4.84. The van der Waals surface area contributed by atoms with Crippen molar-refractivity contribution in [1.29, 1.82) is 0 Å². The van der Waals surface area contributed by atoms with Gasteiger partial charge in [-0.3, -0.25) is 14.5 Å². The molecule has 1 aromatic carbocycles. The van der Waals surface area contributed by atoms with Gasteiger partial charge in [0.05, 0.1) is 25.9 Å². The van der Waals surface area contributed by atoms with E-state index in [9.17, 15) is 9.59 Å². The normalized spacial score (nSPS) is 18.8. The highest BCUT2D eigenvalue weighted by atomic mass is 35.5. The number of ether oxygens (including phenoxy) is 2. The summed E-state index contributed by atoms with van der Waals surface area (Å²) in [7, 11) is 0. The summed E-state index contributed by atoms with van der Waals surface area (Å²) in [6.07, 6.45) is 1.88. The van der Waals surface area contributed by atoms with Gasteiger partial charge in [-0.25, -0.2) is 0 Å². The van der Waals surface area contributed by atoms with Crippen LogP contribution >= 0.6 is 22.9 Å². The predicted octanol–water partition coefficient (Wildman–Crippen LogP) is 4.51. The summed E-state index contributed by atoms with van der Waals surface area (Å²) < 4.78 is 17.1. The van der Waals surface area contributed by atoms with Crippen LogP contribution in [0.1, 0.15) is 45.6 Å².